The second-order valence-corrected chi connectivity index (χ2v) is 4.94. The van der Waals surface area contributed by atoms with Crippen molar-refractivity contribution in [2.45, 2.75) is 41.0 Å². The minimum Gasteiger partial charge on any atom is -0.319 e. The van der Waals surface area contributed by atoms with Gasteiger partial charge in [0.1, 0.15) is 0 Å². The first kappa shape index (κ1) is 12.0. The van der Waals surface area contributed by atoms with Gasteiger partial charge in [0, 0.05) is 6.54 Å². The van der Waals surface area contributed by atoms with Crippen LogP contribution in [0.4, 0.5) is 0 Å². The van der Waals surface area contributed by atoms with E-state index in [0.717, 1.165) is 18.4 Å². The zero-order valence-corrected chi connectivity index (χ0v) is 9.57. The van der Waals surface area contributed by atoms with Gasteiger partial charge in [-0.2, -0.15) is 0 Å². The van der Waals surface area contributed by atoms with E-state index >= 15 is 0 Å². The van der Waals surface area contributed by atoms with Crippen LogP contribution in [0.2, 0.25) is 0 Å². The highest BCUT2D eigenvalue weighted by atomic mass is 14.8. The van der Waals surface area contributed by atoms with E-state index in [0.29, 0.717) is 5.41 Å². The van der Waals surface area contributed by atoms with Crippen LogP contribution in [-0.2, 0) is 0 Å². The third-order valence-electron chi connectivity index (χ3n) is 2.85. The highest BCUT2D eigenvalue weighted by Crippen LogP contribution is 2.33. The Kier molecular flexibility index (Phi) is 4.84. The summed E-state index contributed by atoms with van der Waals surface area (Å²) in [6.07, 6.45) is 1.31. The Labute approximate surface area is 77.9 Å². The molecule has 0 amide bonds. The molecule has 74 valence electrons. The van der Waals surface area contributed by atoms with Crippen LogP contribution < -0.4 is 5.32 Å². The normalized spacial score (nSPS) is 17.0. The Morgan fingerprint density at radius 3 is 1.92 bits per heavy atom. The molecule has 0 spiro atoms. The van der Waals surface area contributed by atoms with Crippen molar-refractivity contribution in [3.8, 4) is 0 Å². The molecule has 0 aliphatic carbocycles. The molecule has 0 aromatic heterocycles. The fraction of sp³-hybridized carbons (Fsp3) is 1.00. The lowest BCUT2D eigenvalue weighted by atomic mass is 9.73. The predicted molar refractivity (Wildman–Crippen MR) is 56.3 cm³/mol. The molecular weight excluding hydrogens is 146 g/mol. The zero-order valence-electron chi connectivity index (χ0n) is 9.57. The molecule has 0 aromatic carbocycles. The molecule has 1 unspecified atom stereocenters. The van der Waals surface area contributed by atoms with Crippen molar-refractivity contribution in [2.75, 3.05) is 13.6 Å². The van der Waals surface area contributed by atoms with E-state index in [1.54, 1.807) is 0 Å². The van der Waals surface area contributed by atoms with Crippen molar-refractivity contribution >= 4 is 0 Å². The maximum absolute atomic E-state index is 3.30. The van der Waals surface area contributed by atoms with Crippen LogP contribution in [0, 0.1) is 17.3 Å². The standard InChI is InChI=1S/C11H25N/c1-9(2)7-11(5,8-12-6)10(3)4/h9-10,12H,7-8H2,1-6H3. The lowest BCUT2D eigenvalue weighted by Crippen LogP contribution is -2.35. The first-order chi connectivity index (χ1) is 5.42. The average Bonchev–Trinajstić information content (AvgIpc) is 1.85. The lowest BCUT2D eigenvalue weighted by Gasteiger charge is -2.35. The summed E-state index contributed by atoms with van der Waals surface area (Å²) in [6.45, 7) is 12.8. The summed E-state index contributed by atoms with van der Waals surface area (Å²) in [6, 6.07) is 0. The second kappa shape index (κ2) is 4.86. The number of hydrogen-bond donors (Lipinski definition) is 1. The van der Waals surface area contributed by atoms with E-state index in [2.05, 4.69) is 39.9 Å². The molecule has 0 saturated carbocycles. The smallest absolute Gasteiger partial charge is 0.000470 e. The summed E-state index contributed by atoms with van der Waals surface area (Å²) < 4.78 is 0. The quantitative estimate of drug-likeness (QED) is 0.670. The van der Waals surface area contributed by atoms with Gasteiger partial charge in [-0.25, -0.2) is 0 Å². The number of nitrogens with one attached hydrogen (secondary N) is 1. The largest absolute Gasteiger partial charge is 0.319 e. The molecule has 1 atom stereocenters. The summed E-state index contributed by atoms with van der Waals surface area (Å²) in [7, 11) is 2.04. The fourth-order valence-electron chi connectivity index (χ4n) is 1.85. The van der Waals surface area contributed by atoms with Gasteiger partial charge in [0.05, 0.1) is 0 Å². The molecule has 1 heteroatoms. The maximum Gasteiger partial charge on any atom is 0.000470 e. The minimum atomic E-state index is 0.461. The Morgan fingerprint density at radius 2 is 1.67 bits per heavy atom. The molecule has 0 rings (SSSR count). The summed E-state index contributed by atoms with van der Waals surface area (Å²) in [5.41, 5.74) is 0.461. The molecule has 1 N–H and O–H groups in total. The van der Waals surface area contributed by atoms with Gasteiger partial charge in [-0.05, 0) is 30.7 Å². The van der Waals surface area contributed by atoms with Gasteiger partial charge >= 0.3 is 0 Å². The summed E-state index contributed by atoms with van der Waals surface area (Å²) in [5, 5.41) is 3.30. The molecule has 0 aliphatic heterocycles. The topological polar surface area (TPSA) is 12.0 Å². The first-order valence-corrected chi connectivity index (χ1v) is 5.07. The monoisotopic (exact) mass is 171 g/mol. The highest BCUT2D eigenvalue weighted by molar-refractivity contribution is 4.80. The van der Waals surface area contributed by atoms with Crippen molar-refractivity contribution < 1.29 is 0 Å². The van der Waals surface area contributed by atoms with E-state index in [1.807, 2.05) is 7.05 Å². The fourth-order valence-corrected chi connectivity index (χ4v) is 1.85. The molecule has 0 radical (unpaired) electrons. The van der Waals surface area contributed by atoms with Gasteiger partial charge in [-0.15, -0.1) is 0 Å². The third-order valence-corrected chi connectivity index (χ3v) is 2.85. The lowest BCUT2D eigenvalue weighted by molar-refractivity contribution is 0.170. The summed E-state index contributed by atoms with van der Waals surface area (Å²) in [5.74, 6) is 1.55. The van der Waals surface area contributed by atoms with Gasteiger partial charge in [0.25, 0.3) is 0 Å². The summed E-state index contributed by atoms with van der Waals surface area (Å²) in [4.78, 5) is 0. The second-order valence-electron chi connectivity index (χ2n) is 4.94. The van der Waals surface area contributed by atoms with Crippen molar-refractivity contribution in [3.05, 3.63) is 0 Å². The van der Waals surface area contributed by atoms with Gasteiger partial charge < -0.3 is 5.32 Å². The number of hydrogen-bond acceptors (Lipinski definition) is 1. The molecule has 1 nitrogen and oxygen atoms in total. The molecule has 0 fully saturated rings. The maximum atomic E-state index is 3.30. The molecule has 0 saturated heterocycles. The Balaban J connectivity index is 4.18. The highest BCUT2D eigenvalue weighted by Gasteiger charge is 2.28. The Bertz CT molecular complexity index is 118. The molecule has 0 aliphatic rings. The van der Waals surface area contributed by atoms with Gasteiger partial charge in [0.2, 0.25) is 0 Å². The molecule has 0 heterocycles. The van der Waals surface area contributed by atoms with Crippen LogP contribution in [0.5, 0.6) is 0 Å². The minimum absolute atomic E-state index is 0.461. The molecule has 0 bridgehead atoms. The molecule has 0 aromatic rings. The number of rotatable bonds is 5. The van der Waals surface area contributed by atoms with Gasteiger partial charge in [-0.3, -0.25) is 0 Å². The van der Waals surface area contributed by atoms with Crippen LogP contribution in [0.15, 0.2) is 0 Å². The van der Waals surface area contributed by atoms with E-state index in [1.165, 1.54) is 6.42 Å². The van der Waals surface area contributed by atoms with Crippen molar-refractivity contribution in [1.29, 1.82) is 0 Å². The van der Waals surface area contributed by atoms with Crippen molar-refractivity contribution in [2.24, 2.45) is 17.3 Å². The van der Waals surface area contributed by atoms with Crippen LogP contribution in [0.1, 0.15) is 41.0 Å². The zero-order chi connectivity index (χ0) is 9.78. The van der Waals surface area contributed by atoms with Gasteiger partial charge in [-0.1, -0.05) is 34.6 Å². The summed E-state index contributed by atoms with van der Waals surface area (Å²) >= 11 is 0. The molecular formula is C11H25N. The van der Waals surface area contributed by atoms with Crippen LogP contribution in [0.25, 0.3) is 0 Å². The van der Waals surface area contributed by atoms with E-state index in [9.17, 15) is 0 Å². The molecule has 12 heavy (non-hydrogen) atoms. The third kappa shape index (κ3) is 3.57. The van der Waals surface area contributed by atoms with E-state index in [-0.39, 0.29) is 0 Å². The van der Waals surface area contributed by atoms with Crippen LogP contribution >= 0.6 is 0 Å². The average molecular weight is 171 g/mol. The van der Waals surface area contributed by atoms with E-state index < -0.39 is 0 Å². The first-order valence-electron chi connectivity index (χ1n) is 5.07. The van der Waals surface area contributed by atoms with Crippen LogP contribution in [0.3, 0.4) is 0 Å². The SMILES string of the molecule is CNCC(C)(CC(C)C)C(C)C. The van der Waals surface area contributed by atoms with E-state index in [4.69, 9.17) is 0 Å². The van der Waals surface area contributed by atoms with Crippen LogP contribution in [-0.4, -0.2) is 13.6 Å². The van der Waals surface area contributed by atoms with Crippen molar-refractivity contribution in [1.82, 2.24) is 5.32 Å². The Morgan fingerprint density at radius 1 is 1.17 bits per heavy atom. The van der Waals surface area contributed by atoms with Crippen molar-refractivity contribution in [3.63, 3.8) is 0 Å². The Hall–Kier alpha value is -0.0400. The predicted octanol–water partition coefficient (Wildman–Crippen LogP) is 2.91. The van der Waals surface area contributed by atoms with Gasteiger partial charge in [0.15, 0.2) is 0 Å².